The molecular formula is C19H25N4O3+. The Labute approximate surface area is 153 Å². The number of piperidine rings is 1. The number of rotatable bonds is 5. The number of hydrogen-bond donors (Lipinski definition) is 2. The number of urea groups is 1. The molecule has 0 spiro atoms. The van der Waals surface area contributed by atoms with Gasteiger partial charge in [0.15, 0.2) is 5.92 Å². The molecule has 1 atom stereocenters. The van der Waals surface area contributed by atoms with E-state index >= 15 is 0 Å². The van der Waals surface area contributed by atoms with Crippen LogP contribution < -0.4 is 15.1 Å². The highest BCUT2D eigenvalue weighted by molar-refractivity contribution is 6.32. The number of imide groups is 2. The van der Waals surface area contributed by atoms with Gasteiger partial charge in [-0.3, -0.25) is 19.9 Å². The lowest BCUT2D eigenvalue weighted by molar-refractivity contribution is -0.903. The van der Waals surface area contributed by atoms with E-state index in [9.17, 15) is 14.4 Å². The summed E-state index contributed by atoms with van der Waals surface area (Å²) in [5.41, 5.74) is 1.47. The lowest BCUT2D eigenvalue weighted by atomic mass is 10.1. The number of quaternary nitrogens is 1. The third kappa shape index (κ3) is 4.16. The van der Waals surface area contributed by atoms with Crippen molar-refractivity contribution in [3.63, 3.8) is 0 Å². The molecule has 0 radical (unpaired) electrons. The molecule has 2 N–H and O–H groups in total. The first kappa shape index (κ1) is 18.3. The van der Waals surface area contributed by atoms with Crippen LogP contribution in [0.3, 0.4) is 0 Å². The van der Waals surface area contributed by atoms with Gasteiger partial charge in [0.1, 0.15) is 0 Å². The summed E-state index contributed by atoms with van der Waals surface area (Å²) in [5.74, 6) is -2.24. The van der Waals surface area contributed by atoms with Crippen molar-refractivity contribution in [2.45, 2.75) is 26.2 Å². The second kappa shape index (κ2) is 8.23. The van der Waals surface area contributed by atoms with Crippen LogP contribution in [0.4, 0.5) is 10.5 Å². The number of likely N-dealkylation sites (tertiary alicyclic amines) is 1. The molecule has 2 aliphatic rings. The Hall–Kier alpha value is -2.54. The molecule has 0 bridgehead atoms. The van der Waals surface area contributed by atoms with E-state index < -0.39 is 23.8 Å². The zero-order valence-electron chi connectivity index (χ0n) is 15.0. The first-order valence-corrected chi connectivity index (χ1v) is 9.15. The SMILES string of the molecule is Cc1ccc(N2C(=O)NC(=O)[C@@H](C=NCC[NH+]3CCCCC3)C2=O)cc1. The van der Waals surface area contributed by atoms with E-state index in [-0.39, 0.29) is 0 Å². The maximum absolute atomic E-state index is 12.7. The largest absolute Gasteiger partial charge is 0.335 e. The van der Waals surface area contributed by atoms with Crippen molar-refractivity contribution in [1.29, 1.82) is 0 Å². The Bertz CT molecular complexity index is 708. The maximum Gasteiger partial charge on any atom is 0.335 e. The average molecular weight is 357 g/mol. The third-order valence-electron chi connectivity index (χ3n) is 4.90. The summed E-state index contributed by atoms with van der Waals surface area (Å²) in [6.07, 6.45) is 5.17. The highest BCUT2D eigenvalue weighted by Gasteiger charge is 2.40. The second-order valence-corrected chi connectivity index (χ2v) is 6.90. The third-order valence-corrected chi connectivity index (χ3v) is 4.90. The van der Waals surface area contributed by atoms with Crippen molar-refractivity contribution >= 4 is 29.7 Å². The van der Waals surface area contributed by atoms with Crippen molar-refractivity contribution in [3.05, 3.63) is 29.8 Å². The molecule has 4 amide bonds. The van der Waals surface area contributed by atoms with E-state index in [1.165, 1.54) is 30.4 Å². The minimum absolute atomic E-state index is 0.446. The molecule has 2 aliphatic heterocycles. The number of nitrogens with one attached hydrogen (secondary N) is 2. The number of carbonyl (C=O) groups is 3. The van der Waals surface area contributed by atoms with Crippen LogP contribution in [0.5, 0.6) is 0 Å². The van der Waals surface area contributed by atoms with E-state index in [0.717, 1.165) is 30.1 Å². The number of aryl methyl sites for hydroxylation is 1. The monoisotopic (exact) mass is 357 g/mol. The van der Waals surface area contributed by atoms with E-state index in [0.29, 0.717) is 12.2 Å². The average Bonchev–Trinajstić information content (AvgIpc) is 2.63. The molecule has 1 aromatic rings. The van der Waals surface area contributed by atoms with Gasteiger partial charge in [0.05, 0.1) is 31.9 Å². The minimum Gasteiger partial charge on any atom is -0.333 e. The minimum atomic E-state index is -1.06. The van der Waals surface area contributed by atoms with Crippen molar-refractivity contribution in [1.82, 2.24) is 5.32 Å². The number of amides is 4. The normalized spacial score (nSPS) is 22.1. The Balaban J connectivity index is 1.65. The summed E-state index contributed by atoms with van der Waals surface area (Å²) in [7, 11) is 0. The number of benzene rings is 1. The Morgan fingerprint density at radius 3 is 2.54 bits per heavy atom. The molecule has 0 unspecified atom stereocenters. The molecular weight excluding hydrogens is 332 g/mol. The highest BCUT2D eigenvalue weighted by Crippen LogP contribution is 2.20. The van der Waals surface area contributed by atoms with Crippen molar-refractivity contribution in [3.8, 4) is 0 Å². The van der Waals surface area contributed by atoms with Crippen LogP contribution in [0.15, 0.2) is 29.3 Å². The topological polar surface area (TPSA) is 83.3 Å². The smallest absolute Gasteiger partial charge is 0.333 e. The molecule has 2 fully saturated rings. The van der Waals surface area contributed by atoms with Crippen molar-refractivity contribution in [2.75, 3.05) is 31.1 Å². The van der Waals surface area contributed by atoms with Gasteiger partial charge in [-0.15, -0.1) is 0 Å². The molecule has 0 saturated carbocycles. The number of anilines is 1. The molecule has 0 aromatic heterocycles. The van der Waals surface area contributed by atoms with Crippen LogP contribution in [0.25, 0.3) is 0 Å². The molecule has 2 heterocycles. The quantitative estimate of drug-likeness (QED) is 0.589. The summed E-state index contributed by atoms with van der Waals surface area (Å²) in [5, 5.41) is 2.24. The Kier molecular flexibility index (Phi) is 5.78. The number of hydrogen-bond acceptors (Lipinski definition) is 4. The number of nitrogens with zero attached hydrogens (tertiary/aromatic N) is 2. The number of barbiturate groups is 1. The summed E-state index contributed by atoms with van der Waals surface area (Å²) < 4.78 is 0. The predicted octanol–water partition coefficient (Wildman–Crippen LogP) is 0.334. The molecule has 3 rings (SSSR count). The predicted molar refractivity (Wildman–Crippen MR) is 98.5 cm³/mol. The van der Waals surface area contributed by atoms with Gasteiger partial charge >= 0.3 is 6.03 Å². The van der Waals surface area contributed by atoms with Crippen molar-refractivity contribution < 1.29 is 19.3 Å². The Morgan fingerprint density at radius 2 is 1.85 bits per heavy atom. The van der Waals surface area contributed by atoms with Crippen LogP contribution in [0.1, 0.15) is 24.8 Å². The zero-order chi connectivity index (χ0) is 18.5. The van der Waals surface area contributed by atoms with Gasteiger partial charge in [0.2, 0.25) is 5.91 Å². The highest BCUT2D eigenvalue weighted by atomic mass is 16.2. The molecule has 138 valence electrons. The molecule has 1 aromatic carbocycles. The van der Waals surface area contributed by atoms with Crippen LogP contribution in [-0.4, -0.2) is 50.2 Å². The van der Waals surface area contributed by atoms with Gasteiger partial charge < -0.3 is 4.90 Å². The number of aliphatic imine (C=N–C) groups is 1. The maximum atomic E-state index is 12.7. The lowest BCUT2D eigenvalue weighted by Gasteiger charge is -2.28. The van der Waals surface area contributed by atoms with Gasteiger partial charge in [0.25, 0.3) is 5.91 Å². The van der Waals surface area contributed by atoms with Crippen molar-refractivity contribution in [2.24, 2.45) is 10.9 Å². The van der Waals surface area contributed by atoms with Crippen LogP contribution in [0.2, 0.25) is 0 Å². The van der Waals surface area contributed by atoms with Crippen LogP contribution >= 0.6 is 0 Å². The van der Waals surface area contributed by atoms with E-state index in [2.05, 4.69) is 10.3 Å². The molecule has 0 aliphatic carbocycles. The fourth-order valence-electron chi connectivity index (χ4n) is 3.36. The van der Waals surface area contributed by atoms with Crippen LogP contribution in [-0.2, 0) is 9.59 Å². The summed E-state index contributed by atoms with van der Waals surface area (Å²) in [6.45, 7) is 5.72. The first-order chi connectivity index (χ1) is 12.6. The fourth-order valence-corrected chi connectivity index (χ4v) is 3.36. The molecule has 2 saturated heterocycles. The summed E-state index contributed by atoms with van der Waals surface area (Å²) >= 11 is 0. The lowest BCUT2D eigenvalue weighted by Crippen LogP contribution is -3.13. The van der Waals surface area contributed by atoms with Gasteiger partial charge in [-0.2, -0.15) is 0 Å². The number of carbonyl (C=O) groups excluding carboxylic acids is 3. The van der Waals surface area contributed by atoms with E-state index in [4.69, 9.17) is 0 Å². The fraction of sp³-hybridized carbons (Fsp3) is 0.474. The van der Waals surface area contributed by atoms with Gasteiger partial charge in [-0.25, -0.2) is 9.69 Å². The van der Waals surface area contributed by atoms with Gasteiger partial charge in [-0.05, 0) is 38.3 Å². The van der Waals surface area contributed by atoms with E-state index in [1.807, 2.05) is 19.1 Å². The van der Waals surface area contributed by atoms with Crippen LogP contribution in [0, 0.1) is 12.8 Å². The summed E-state index contributed by atoms with van der Waals surface area (Å²) in [4.78, 5) is 43.7. The van der Waals surface area contributed by atoms with Gasteiger partial charge in [-0.1, -0.05) is 17.7 Å². The second-order valence-electron chi connectivity index (χ2n) is 6.90. The molecule has 7 nitrogen and oxygen atoms in total. The standard InChI is InChI=1S/C19H24N4O3/c1-14-5-7-15(8-6-14)23-18(25)16(17(24)21-19(23)26)13-20-9-12-22-10-3-2-4-11-22/h5-8,13,16H,2-4,9-12H2,1H3,(H,21,24,26)/p+1/t16-/m1/s1. The molecule has 26 heavy (non-hydrogen) atoms. The zero-order valence-corrected chi connectivity index (χ0v) is 15.0. The first-order valence-electron chi connectivity index (χ1n) is 9.15. The summed E-state index contributed by atoms with van der Waals surface area (Å²) in [6, 6.07) is 6.30. The Morgan fingerprint density at radius 1 is 1.15 bits per heavy atom. The molecule has 7 heteroatoms. The van der Waals surface area contributed by atoms with E-state index in [1.54, 1.807) is 12.1 Å². The van der Waals surface area contributed by atoms with Gasteiger partial charge in [0, 0.05) is 6.21 Å².